The lowest BCUT2D eigenvalue weighted by Crippen LogP contribution is -1.85. The van der Waals surface area contributed by atoms with E-state index in [9.17, 15) is 0 Å². The van der Waals surface area contributed by atoms with Crippen molar-refractivity contribution in [3.05, 3.63) is 47.5 Å². The molecule has 1 nitrogen and oxygen atoms in total. The average Bonchev–Trinajstić information content (AvgIpc) is 2.28. The van der Waals surface area contributed by atoms with Crippen molar-refractivity contribution < 1.29 is 5.11 Å². The molecule has 0 heterocycles. The third kappa shape index (κ3) is 1.86. The summed E-state index contributed by atoms with van der Waals surface area (Å²) >= 11 is 0. The number of fused-ring (bicyclic) bond motifs is 1. The van der Waals surface area contributed by atoms with Crippen LogP contribution in [-0.4, -0.2) is 11.7 Å². The summed E-state index contributed by atoms with van der Waals surface area (Å²) in [7, 11) is 0. The van der Waals surface area contributed by atoms with Crippen LogP contribution in [-0.2, 0) is 0 Å². The van der Waals surface area contributed by atoms with Gasteiger partial charge in [0, 0.05) is 5.56 Å². The van der Waals surface area contributed by atoms with Crippen LogP contribution in [0.4, 0.5) is 0 Å². The van der Waals surface area contributed by atoms with Crippen molar-refractivity contribution in [3.63, 3.8) is 0 Å². The van der Waals surface area contributed by atoms with Gasteiger partial charge in [-0.05, 0) is 23.3 Å². The molecule has 0 aliphatic heterocycles. The first-order valence-electron chi connectivity index (χ1n) is 4.91. The maximum absolute atomic E-state index is 8.72. The van der Waals surface area contributed by atoms with Gasteiger partial charge in [-0.2, -0.15) is 0 Å². The Hall–Kier alpha value is -1.78. The van der Waals surface area contributed by atoms with E-state index >= 15 is 0 Å². The molecule has 0 aliphatic rings. The quantitative estimate of drug-likeness (QED) is 0.642. The van der Waals surface area contributed by atoms with Crippen molar-refractivity contribution >= 4 is 10.8 Å². The van der Waals surface area contributed by atoms with E-state index in [1.165, 1.54) is 5.39 Å². The topological polar surface area (TPSA) is 20.2 Å². The Bertz CT molecular complexity index is 544. The fraction of sp³-hybridized carbons (Fsp3) is 0.143. The van der Waals surface area contributed by atoms with Crippen LogP contribution in [0.1, 0.15) is 11.1 Å². The lowest BCUT2D eigenvalue weighted by Gasteiger charge is -2.03. The fourth-order valence-electron chi connectivity index (χ4n) is 1.67. The molecule has 1 heteroatoms. The van der Waals surface area contributed by atoms with Gasteiger partial charge in [0.05, 0.1) is 0 Å². The molecule has 0 radical (unpaired) electrons. The predicted octanol–water partition coefficient (Wildman–Crippen LogP) is 2.49. The second kappa shape index (κ2) is 4.16. The van der Waals surface area contributed by atoms with E-state index in [0.717, 1.165) is 16.5 Å². The molecule has 0 unspecified atom stereocenters. The van der Waals surface area contributed by atoms with Crippen molar-refractivity contribution in [2.24, 2.45) is 0 Å². The normalized spacial score (nSPS) is 9.73. The molecule has 0 bridgehead atoms. The number of aliphatic hydroxyl groups is 1. The Morgan fingerprint density at radius 1 is 1.13 bits per heavy atom. The van der Waals surface area contributed by atoms with Gasteiger partial charge in [0.2, 0.25) is 0 Å². The van der Waals surface area contributed by atoms with E-state index < -0.39 is 0 Å². The maximum atomic E-state index is 8.72. The summed E-state index contributed by atoms with van der Waals surface area (Å²) in [6.45, 7) is 1.94. The van der Waals surface area contributed by atoms with Crippen molar-refractivity contribution in [2.75, 3.05) is 6.61 Å². The number of hydrogen-bond donors (Lipinski definition) is 1. The van der Waals surface area contributed by atoms with Gasteiger partial charge >= 0.3 is 0 Å². The molecule has 2 aromatic carbocycles. The van der Waals surface area contributed by atoms with Crippen molar-refractivity contribution in [1.82, 2.24) is 0 Å². The molecular formula is C14H12O. The number of hydrogen-bond acceptors (Lipinski definition) is 1. The van der Waals surface area contributed by atoms with E-state index in [4.69, 9.17) is 5.11 Å². The number of aryl methyl sites for hydroxylation is 1. The Morgan fingerprint density at radius 2 is 1.93 bits per heavy atom. The highest BCUT2D eigenvalue weighted by atomic mass is 16.2. The molecule has 0 spiro atoms. The third-order valence-electron chi connectivity index (χ3n) is 2.43. The summed E-state index contributed by atoms with van der Waals surface area (Å²) in [6, 6.07) is 12.3. The maximum Gasteiger partial charge on any atom is 0.104 e. The molecule has 15 heavy (non-hydrogen) atoms. The summed E-state index contributed by atoms with van der Waals surface area (Å²) in [6.07, 6.45) is 0. The Balaban J connectivity index is 2.74. The largest absolute Gasteiger partial charge is 0.384 e. The highest BCUT2D eigenvalue weighted by molar-refractivity contribution is 5.89. The summed E-state index contributed by atoms with van der Waals surface area (Å²) < 4.78 is 0. The van der Waals surface area contributed by atoms with Gasteiger partial charge in [-0.3, -0.25) is 0 Å². The second-order valence-electron chi connectivity index (χ2n) is 3.44. The van der Waals surface area contributed by atoms with Gasteiger partial charge in [0.25, 0.3) is 0 Å². The molecule has 2 aromatic rings. The number of rotatable bonds is 0. The summed E-state index contributed by atoms with van der Waals surface area (Å²) in [5, 5.41) is 11.1. The number of aliphatic hydroxyl groups excluding tert-OH is 1. The molecule has 0 saturated heterocycles. The summed E-state index contributed by atoms with van der Waals surface area (Å²) in [4.78, 5) is 0. The van der Waals surface area contributed by atoms with Crippen LogP contribution in [0.15, 0.2) is 36.4 Å². The smallest absolute Gasteiger partial charge is 0.104 e. The van der Waals surface area contributed by atoms with Gasteiger partial charge in [-0.25, -0.2) is 0 Å². The third-order valence-corrected chi connectivity index (χ3v) is 2.43. The van der Waals surface area contributed by atoms with Crippen molar-refractivity contribution in [3.8, 4) is 11.8 Å². The Labute approximate surface area is 89.4 Å². The van der Waals surface area contributed by atoms with Crippen LogP contribution in [0.2, 0.25) is 0 Å². The molecule has 0 amide bonds. The van der Waals surface area contributed by atoms with Crippen LogP contribution in [0.25, 0.3) is 10.8 Å². The number of benzene rings is 2. The first-order valence-corrected chi connectivity index (χ1v) is 4.91. The first kappa shape index (κ1) is 9.76. The average molecular weight is 196 g/mol. The predicted molar refractivity (Wildman–Crippen MR) is 62.6 cm³/mol. The standard InChI is InChI=1S/C14H12O/c1-11-8-9-12-5-2-3-6-14(12)13(11)7-4-10-15/h2-3,5-6,8-9,15H,10H2,1H3. The molecule has 0 saturated carbocycles. The van der Waals surface area contributed by atoms with Crippen LogP contribution in [0, 0.1) is 18.8 Å². The lowest BCUT2D eigenvalue weighted by molar-refractivity contribution is 0.350. The zero-order valence-corrected chi connectivity index (χ0v) is 8.62. The van der Waals surface area contributed by atoms with E-state index in [1.54, 1.807) is 0 Å². The second-order valence-corrected chi connectivity index (χ2v) is 3.44. The zero-order chi connectivity index (χ0) is 10.7. The monoisotopic (exact) mass is 196 g/mol. The van der Waals surface area contributed by atoms with Crippen LogP contribution >= 0.6 is 0 Å². The fourth-order valence-corrected chi connectivity index (χ4v) is 1.67. The summed E-state index contributed by atoms with van der Waals surface area (Å²) in [5.74, 6) is 5.71. The molecular weight excluding hydrogens is 184 g/mol. The molecule has 2 rings (SSSR count). The highest BCUT2D eigenvalue weighted by Crippen LogP contribution is 2.20. The van der Waals surface area contributed by atoms with Gasteiger partial charge in [-0.1, -0.05) is 48.2 Å². The molecule has 74 valence electrons. The molecule has 0 fully saturated rings. The molecule has 0 atom stereocenters. The minimum atomic E-state index is -0.0946. The minimum absolute atomic E-state index is 0.0946. The molecule has 0 aliphatic carbocycles. The molecule has 1 N–H and O–H groups in total. The van der Waals surface area contributed by atoms with E-state index in [1.807, 2.05) is 19.1 Å². The van der Waals surface area contributed by atoms with Crippen LogP contribution in [0.3, 0.4) is 0 Å². The van der Waals surface area contributed by atoms with E-state index in [2.05, 4.69) is 36.1 Å². The highest BCUT2D eigenvalue weighted by Gasteiger charge is 2.00. The Kier molecular flexibility index (Phi) is 2.71. The van der Waals surface area contributed by atoms with Gasteiger partial charge in [0.1, 0.15) is 6.61 Å². The van der Waals surface area contributed by atoms with Crippen molar-refractivity contribution in [1.29, 1.82) is 0 Å². The molecule has 0 aromatic heterocycles. The first-order chi connectivity index (χ1) is 7.33. The van der Waals surface area contributed by atoms with Gasteiger partial charge in [0.15, 0.2) is 0 Å². The summed E-state index contributed by atoms with van der Waals surface area (Å²) in [5.41, 5.74) is 2.16. The minimum Gasteiger partial charge on any atom is -0.384 e. The van der Waals surface area contributed by atoms with Crippen LogP contribution < -0.4 is 0 Å². The van der Waals surface area contributed by atoms with E-state index in [0.29, 0.717) is 0 Å². The van der Waals surface area contributed by atoms with Gasteiger partial charge in [-0.15, -0.1) is 0 Å². The van der Waals surface area contributed by atoms with Crippen LogP contribution in [0.5, 0.6) is 0 Å². The van der Waals surface area contributed by atoms with E-state index in [-0.39, 0.29) is 6.61 Å². The van der Waals surface area contributed by atoms with Crippen molar-refractivity contribution in [2.45, 2.75) is 6.92 Å². The Morgan fingerprint density at radius 3 is 2.73 bits per heavy atom. The lowest BCUT2D eigenvalue weighted by atomic mass is 10.0. The SMILES string of the molecule is Cc1ccc2ccccc2c1C#CCO. The van der Waals surface area contributed by atoms with Gasteiger partial charge < -0.3 is 5.11 Å². The zero-order valence-electron chi connectivity index (χ0n) is 8.62.